The van der Waals surface area contributed by atoms with Gasteiger partial charge in [0.15, 0.2) is 0 Å². The molecule has 41 heavy (non-hydrogen) atoms. The van der Waals surface area contributed by atoms with Crippen molar-refractivity contribution in [3.63, 3.8) is 0 Å². The summed E-state index contributed by atoms with van der Waals surface area (Å²) in [6, 6.07) is 22.3. The Balaban J connectivity index is 1.14. The van der Waals surface area contributed by atoms with Crippen LogP contribution in [-0.2, 0) is 11.2 Å². The Morgan fingerprint density at radius 2 is 1.46 bits per heavy atom. The molecule has 3 aromatic carbocycles. The minimum atomic E-state index is -0.806. The molecule has 6 aromatic rings. The summed E-state index contributed by atoms with van der Waals surface area (Å²) < 4.78 is 6.25. The first-order valence-electron chi connectivity index (χ1n) is 12.8. The van der Waals surface area contributed by atoms with Crippen molar-refractivity contribution < 1.29 is 19.1 Å². The molecule has 3 aromatic heterocycles. The summed E-state index contributed by atoms with van der Waals surface area (Å²) in [5.74, 6) is -0.287. The van der Waals surface area contributed by atoms with Gasteiger partial charge >= 0.3 is 12.0 Å². The highest BCUT2D eigenvalue weighted by atomic mass is 32.1. The van der Waals surface area contributed by atoms with Crippen LogP contribution in [0.2, 0.25) is 0 Å². The second-order valence-corrected chi connectivity index (χ2v) is 10.1. The minimum Gasteiger partial charge on any atom is -0.481 e. The Labute approximate surface area is 238 Å². The second-order valence-electron chi connectivity index (χ2n) is 9.21. The first-order valence-corrected chi connectivity index (χ1v) is 13.6. The number of carbonyl (C=O) groups is 2. The van der Waals surface area contributed by atoms with Crippen molar-refractivity contribution in [3.8, 4) is 33.8 Å². The molecule has 10 heteroatoms. The lowest BCUT2D eigenvalue weighted by Crippen LogP contribution is -2.19. The molecule has 6 rings (SSSR count). The number of aromatic nitrogens is 3. The number of fused-ring (bicyclic) bond motifs is 1. The van der Waals surface area contributed by atoms with E-state index in [9.17, 15) is 9.59 Å². The standard InChI is InChI=1S/C31H23N5O4S/c37-26(38)14-3-19-1-4-20(5-2-19)25-17-41-29-27(33-18-34-28(25)29)21-6-10-23(11-7-21)35-31(39)36-24-12-8-22(9-13-24)30-32-15-16-40-30/h1-2,4-13,15-18H,3,14H2,(H,37,38)(H2,35,36,39). The number of nitrogens with one attached hydrogen (secondary N) is 2. The van der Waals surface area contributed by atoms with E-state index in [1.54, 1.807) is 36.0 Å². The van der Waals surface area contributed by atoms with Gasteiger partial charge in [0.25, 0.3) is 0 Å². The molecule has 0 aliphatic heterocycles. The Hall–Kier alpha value is -5.35. The first-order chi connectivity index (χ1) is 20.0. The third kappa shape index (κ3) is 5.82. The Kier molecular flexibility index (Phi) is 7.21. The molecule has 3 N–H and O–H groups in total. The van der Waals surface area contributed by atoms with Gasteiger partial charge < -0.3 is 20.2 Å². The fraction of sp³-hybridized carbons (Fsp3) is 0.0645. The summed E-state index contributed by atoms with van der Waals surface area (Å²) in [5, 5.41) is 16.7. The van der Waals surface area contributed by atoms with Crippen LogP contribution in [0.5, 0.6) is 0 Å². The van der Waals surface area contributed by atoms with Gasteiger partial charge in [0.2, 0.25) is 5.89 Å². The van der Waals surface area contributed by atoms with Crippen LogP contribution in [0.1, 0.15) is 12.0 Å². The number of rotatable bonds is 8. The van der Waals surface area contributed by atoms with Gasteiger partial charge in [-0.05, 0) is 53.9 Å². The van der Waals surface area contributed by atoms with Crippen LogP contribution in [-0.4, -0.2) is 32.1 Å². The number of carboxylic acids is 1. The van der Waals surface area contributed by atoms with E-state index in [0.29, 0.717) is 23.7 Å². The number of anilines is 2. The van der Waals surface area contributed by atoms with Gasteiger partial charge in [0.05, 0.1) is 22.1 Å². The van der Waals surface area contributed by atoms with E-state index in [1.165, 1.54) is 6.26 Å². The lowest BCUT2D eigenvalue weighted by atomic mass is 10.0. The molecule has 202 valence electrons. The van der Waals surface area contributed by atoms with Crippen LogP contribution in [0.4, 0.5) is 16.2 Å². The zero-order valence-electron chi connectivity index (χ0n) is 21.6. The minimum absolute atomic E-state index is 0.106. The predicted molar refractivity (Wildman–Crippen MR) is 159 cm³/mol. The van der Waals surface area contributed by atoms with Crippen molar-refractivity contribution >= 4 is 44.9 Å². The van der Waals surface area contributed by atoms with Gasteiger partial charge in [0.1, 0.15) is 12.6 Å². The van der Waals surface area contributed by atoms with Crippen molar-refractivity contribution in [2.24, 2.45) is 0 Å². The van der Waals surface area contributed by atoms with Gasteiger partial charge in [-0.3, -0.25) is 4.79 Å². The monoisotopic (exact) mass is 561 g/mol. The number of carbonyl (C=O) groups excluding carboxylic acids is 1. The molecule has 0 saturated carbocycles. The number of nitrogens with zero attached hydrogens (tertiary/aromatic N) is 3. The Morgan fingerprint density at radius 1 is 0.805 bits per heavy atom. The smallest absolute Gasteiger partial charge is 0.323 e. The molecule has 0 spiro atoms. The molecular formula is C31H23N5O4S. The van der Waals surface area contributed by atoms with Crippen LogP contribution in [0, 0.1) is 0 Å². The molecule has 9 nitrogen and oxygen atoms in total. The average molecular weight is 562 g/mol. The second kappa shape index (κ2) is 11.4. The van der Waals surface area contributed by atoms with Crippen LogP contribution in [0.25, 0.3) is 44.1 Å². The van der Waals surface area contributed by atoms with E-state index in [4.69, 9.17) is 9.52 Å². The van der Waals surface area contributed by atoms with Crippen molar-refractivity contribution in [2.75, 3.05) is 10.6 Å². The largest absolute Gasteiger partial charge is 0.481 e. The lowest BCUT2D eigenvalue weighted by molar-refractivity contribution is -0.136. The average Bonchev–Trinajstić information content (AvgIpc) is 3.68. The van der Waals surface area contributed by atoms with E-state index in [1.807, 2.05) is 60.7 Å². The van der Waals surface area contributed by atoms with E-state index < -0.39 is 5.97 Å². The highest BCUT2D eigenvalue weighted by Crippen LogP contribution is 2.37. The van der Waals surface area contributed by atoms with E-state index >= 15 is 0 Å². The highest BCUT2D eigenvalue weighted by molar-refractivity contribution is 7.18. The molecule has 2 amide bonds. The number of amides is 2. The van der Waals surface area contributed by atoms with Crippen molar-refractivity contribution in [2.45, 2.75) is 12.8 Å². The maximum absolute atomic E-state index is 12.6. The number of oxazole rings is 1. The lowest BCUT2D eigenvalue weighted by Gasteiger charge is -2.09. The number of urea groups is 1. The summed E-state index contributed by atoms with van der Waals surface area (Å²) in [5.41, 5.74) is 7.67. The molecule has 0 aliphatic carbocycles. The summed E-state index contributed by atoms with van der Waals surface area (Å²) in [6.07, 6.45) is 5.26. The van der Waals surface area contributed by atoms with Crippen LogP contribution < -0.4 is 10.6 Å². The molecule has 0 fully saturated rings. The van der Waals surface area contributed by atoms with Crippen LogP contribution >= 0.6 is 11.3 Å². The summed E-state index contributed by atoms with van der Waals surface area (Å²) in [4.78, 5) is 36.6. The van der Waals surface area contributed by atoms with Gasteiger partial charge in [-0.25, -0.2) is 19.7 Å². The van der Waals surface area contributed by atoms with Gasteiger partial charge in [0, 0.05) is 39.9 Å². The van der Waals surface area contributed by atoms with Gasteiger partial charge in [-0.15, -0.1) is 11.3 Å². The zero-order valence-corrected chi connectivity index (χ0v) is 22.4. The highest BCUT2D eigenvalue weighted by Gasteiger charge is 2.14. The van der Waals surface area contributed by atoms with E-state index in [-0.39, 0.29) is 12.5 Å². The number of thiophene rings is 1. The third-order valence-electron chi connectivity index (χ3n) is 6.48. The topological polar surface area (TPSA) is 130 Å². The van der Waals surface area contributed by atoms with Crippen molar-refractivity contribution in [1.82, 2.24) is 15.0 Å². The summed E-state index contributed by atoms with van der Waals surface area (Å²) in [7, 11) is 0. The normalized spacial score (nSPS) is 10.9. The van der Waals surface area contributed by atoms with Crippen LogP contribution in [0.3, 0.4) is 0 Å². The molecule has 0 radical (unpaired) electrons. The maximum atomic E-state index is 12.6. The number of aryl methyl sites for hydroxylation is 1. The molecule has 0 atom stereocenters. The Bertz CT molecular complexity index is 1810. The number of carboxylic acid groups (broad SMARTS) is 1. The molecule has 0 bridgehead atoms. The van der Waals surface area contributed by atoms with E-state index in [0.717, 1.165) is 43.7 Å². The number of aliphatic carboxylic acids is 1. The molecule has 3 heterocycles. The molecule has 0 saturated heterocycles. The number of hydrogen-bond donors (Lipinski definition) is 3. The quantitative estimate of drug-likeness (QED) is 0.177. The van der Waals surface area contributed by atoms with Crippen LogP contribution in [0.15, 0.2) is 101 Å². The third-order valence-corrected chi connectivity index (χ3v) is 7.46. The zero-order chi connectivity index (χ0) is 28.2. The van der Waals surface area contributed by atoms with Crippen molar-refractivity contribution in [3.05, 3.63) is 103 Å². The number of hydrogen-bond acceptors (Lipinski definition) is 7. The fourth-order valence-electron chi connectivity index (χ4n) is 4.43. The number of benzene rings is 3. The summed E-state index contributed by atoms with van der Waals surface area (Å²) in [6.45, 7) is 0. The summed E-state index contributed by atoms with van der Waals surface area (Å²) >= 11 is 1.57. The Morgan fingerprint density at radius 3 is 2.10 bits per heavy atom. The van der Waals surface area contributed by atoms with E-state index in [2.05, 4.69) is 31.0 Å². The molecule has 0 aliphatic rings. The van der Waals surface area contributed by atoms with Gasteiger partial charge in [-0.2, -0.15) is 0 Å². The van der Waals surface area contributed by atoms with Crippen molar-refractivity contribution in [1.29, 1.82) is 0 Å². The molecular weight excluding hydrogens is 538 g/mol. The maximum Gasteiger partial charge on any atom is 0.323 e. The molecule has 0 unspecified atom stereocenters. The SMILES string of the molecule is O=C(O)CCc1ccc(-c2csc3c(-c4ccc(NC(=O)Nc5ccc(-c6ncco6)cc5)cc4)ncnc23)cc1. The predicted octanol–water partition coefficient (Wildman–Crippen LogP) is 7.34. The fourth-order valence-corrected chi connectivity index (χ4v) is 5.47. The van der Waals surface area contributed by atoms with Gasteiger partial charge in [-0.1, -0.05) is 36.4 Å². The first kappa shape index (κ1) is 25.9.